The quantitative estimate of drug-likeness (QED) is 0.134. The molecule has 206 valence electrons. The predicted molar refractivity (Wildman–Crippen MR) is 141 cm³/mol. The number of unbranched alkanes of at least 4 members (excludes halogenated alkanes) is 4. The highest BCUT2D eigenvalue weighted by molar-refractivity contribution is 5.75. The van der Waals surface area contributed by atoms with E-state index in [4.69, 9.17) is 14.6 Å². The second kappa shape index (κ2) is 21.3. The van der Waals surface area contributed by atoms with E-state index in [2.05, 4.69) is 60.8 Å². The lowest BCUT2D eigenvalue weighted by Crippen LogP contribution is -2.59. The Morgan fingerprint density at radius 2 is 1.42 bits per heavy atom. The van der Waals surface area contributed by atoms with Crippen LogP contribution in [0.3, 0.4) is 0 Å². The van der Waals surface area contributed by atoms with Crippen LogP contribution in [0.5, 0.6) is 0 Å². The molecule has 1 rings (SSSR count). The van der Waals surface area contributed by atoms with E-state index in [-0.39, 0.29) is 19.1 Å². The van der Waals surface area contributed by atoms with E-state index in [9.17, 15) is 20.1 Å². The molecule has 0 aromatic carbocycles. The van der Waals surface area contributed by atoms with E-state index in [1.54, 1.807) is 0 Å². The first-order valence-electron chi connectivity index (χ1n) is 13.3. The largest absolute Gasteiger partial charge is 0.394 e. The molecule has 0 unspecified atom stereocenters. The average molecular weight is 510 g/mol. The normalized spacial score (nSPS) is 25.1. The molecule has 36 heavy (non-hydrogen) atoms. The SMILES string of the molecule is CCCCC/C=C\C/C=C\C/C=C\C/C=C\CCCC(=O)NCCO[C@@H]1O[C@H](CO)[C@@H](O)[C@H](O)[C@H]1O. The van der Waals surface area contributed by atoms with Crippen molar-refractivity contribution in [1.29, 1.82) is 0 Å². The molecule has 1 aliphatic heterocycles. The molecule has 8 nitrogen and oxygen atoms in total. The third-order valence-corrected chi connectivity index (χ3v) is 5.79. The molecule has 1 amide bonds. The van der Waals surface area contributed by atoms with Gasteiger partial charge in [-0.25, -0.2) is 0 Å². The minimum atomic E-state index is -1.48. The Labute approximate surface area is 216 Å². The summed E-state index contributed by atoms with van der Waals surface area (Å²) < 4.78 is 10.6. The van der Waals surface area contributed by atoms with Crippen LogP contribution in [0.25, 0.3) is 0 Å². The second-order valence-electron chi connectivity index (χ2n) is 8.90. The molecule has 1 aliphatic rings. The number of hydrogen-bond donors (Lipinski definition) is 5. The van der Waals surface area contributed by atoms with Crippen LogP contribution in [0.1, 0.15) is 71.1 Å². The van der Waals surface area contributed by atoms with E-state index in [0.717, 1.165) is 32.1 Å². The Morgan fingerprint density at radius 3 is 2.00 bits per heavy atom. The van der Waals surface area contributed by atoms with Crippen molar-refractivity contribution in [2.75, 3.05) is 19.8 Å². The maximum absolute atomic E-state index is 11.9. The lowest BCUT2D eigenvalue weighted by molar-refractivity contribution is -0.300. The number of aliphatic hydroxyl groups excluding tert-OH is 4. The number of carbonyl (C=O) groups excluding carboxylic acids is 1. The van der Waals surface area contributed by atoms with Crippen LogP contribution in [0.15, 0.2) is 48.6 Å². The summed E-state index contributed by atoms with van der Waals surface area (Å²) in [4.78, 5) is 11.9. The summed E-state index contributed by atoms with van der Waals surface area (Å²) in [7, 11) is 0. The Kier molecular flexibility index (Phi) is 19.1. The van der Waals surface area contributed by atoms with Gasteiger partial charge >= 0.3 is 0 Å². The van der Waals surface area contributed by atoms with Gasteiger partial charge in [0.25, 0.3) is 0 Å². The highest BCUT2D eigenvalue weighted by atomic mass is 16.7. The fourth-order valence-corrected chi connectivity index (χ4v) is 3.60. The Morgan fingerprint density at radius 1 is 0.833 bits per heavy atom. The van der Waals surface area contributed by atoms with E-state index in [1.165, 1.54) is 25.7 Å². The van der Waals surface area contributed by atoms with Crippen LogP contribution in [-0.4, -0.2) is 76.8 Å². The summed E-state index contributed by atoms with van der Waals surface area (Å²) in [5, 5.41) is 41.3. The van der Waals surface area contributed by atoms with Crippen LogP contribution in [0.4, 0.5) is 0 Å². The molecule has 1 saturated heterocycles. The molecular weight excluding hydrogens is 462 g/mol. The number of rotatable bonds is 19. The summed E-state index contributed by atoms with van der Waals surface area (Å²) in [6.45, 7) is 1.99. The first-order valence-corrected chi connectivity index (χ1v) is 13.3. The molecular formula is C28H47NO7. The number of nitrogens with one attached hydrogen (secondary N) is 1. The van der Waals surface area contributed by atoms with Crippen LogP contribution in [-0.2, 0) is 14.3 Å². The van der Waals surface area contributed by atoms with Crippen molar-refractivity contribution in [2.24, 2.45) is 0 Å². The van der Waals surface area contributed by atoms with Crippen molar-refractivity contribution in [3.05, 3.63) is 48.6 Å². The summed E-state index contributed by atoms with van der Waals surface area (Å²) >= 11 is 0. The molecule has 0 spiro atoms. The standard InChI is InChI=1S/C28H47NO7/c1-2-3-4-5-6-7-8-9-10-11-12-13-14-15-16-17-18-19-24(31)29-20-21-35-28-27(34)26(33)25(32)23(22-30)36-28/h6-7,9-10,12-13,15-16,23,25-28,30,32-34H,2-5,8,11,14,17-22H2,1H3,(H,29,31)/b7-6-,10-9-,13-12-,16-15-/t23-,25-,26+,27-,28-/m1/s1. The maximum Gasteiger partial charge on any atom is 0.220 e. The Bertz CT molecular complexity index is 675. The zero-order valence-electron chi connectivity index (χ0n) is 21.7. The average Bonchev–Trinajstić information content (AvgIpc) is 2.88. The van der Waals surface area contributed by atoms with Crippen molar-refractivity contribution in [1.82, 2.24) is 5.32 Å². The molecule has 1 heterocycles. The maximum atomic E-state index is 11.9. The zero-order chi connectivity index (χ0) is 26.4. The highest BCUT2D eigenvalue weighted by Gasteiger charge is 2.43. The van der Waals surface area contributed by atoms with Crippen molar-refractivity contribution >= 4 is 5.91 Å². The molecule has 0 aromatic heterocycles. The van der Waals surface area contributed by atoms with E-state index >= 15 is 0 Å². The van der Waals surface area contributed by atoms with Gasteiger partial charge in [0.15, 0.2) is 6.29 Å². The minimum Gasteiger partial charge on any atom is -0.394 e. The van der Waals surface area contributed by atoms with Crippen molar-refractivity contribution in [2.45, 2.75) is 102 Å². The van der Waals surface area contributed by atoms with Gasteiger partial charge in [-0.2, -0.15) is 0 Å². The van der Waals surface area contributed by atoms with Gasteiger partial charge in [0.2, 0.25) is 5.91 Å². The molecule has 1 fully saturated rings. The number of allylic oxidation sites excluding steroid dienone is 8. The topological polar surface area (TPSA) is 128 Å². The van der Waals surface area contributed by atoms with Crippen LogP contribution < -0.4 is 5.32 Å². The third-order valence-electron chi connectivity index (χ3n) is 5.79. The Hall–Kier alpha value is -1.81. The molecule has 8 heteroatoms. The minimum absolute atomic E-state index is 0.0611. The summed E-state index contributed by atoms with van der Waals surface area (Å²) in [6, 6.07) is 0. The molecule has 5 N–H and O–H groups in total. The van der Waals surface area contributed by atoms with Crippen LogP contribution in [0, 0.1) is 0 Å². The molecule has 0 saturated carbocycles. The van der Waals surface area contributed by atoms with Gasteiger partial charge in [0.05, 0.1) is 13.2 Å². The number of aliphatic hydroxyl groups is 4. The van der Waals surface area contributed by atoms with Gasteiger partial charge in [-0.3, -0.25) is 4.79 Å². The van der Waals surface area contributed by atoms with Gasteiger partial charge < -0.3 is 35.2 Å². The molecule has 0 aliphatic carbocycles. The monoisotopic (exact) mass is 509 g/mol. The molecule has 0 radical (unpaired) electrons. The fraction of sp³-hybridized carbons (Fsp3) is 0.679. The van der Waals surface area contributed by atoms with Gasteiger partial charge in [0.1, 0.15) is 24.4 Å². The third kappa shape index (κ3) is 14.7. The van der Waals surface area contributed by atoms with Gasteiger partial charge in [-0.15, -0.1) is 0 Å². The van der Waals surface area contributed by atoms with Gasteiger partial charge in [0, 0.05) is 13.0 Å². The van der Waals surface area contributed by atoms with E-state index in [1.807, 2.05) is 0 Å². The van der Waals surface area contributed by atoms with E-state index in [0.29, 0.717) is 6.42 Å². The van der Waals surface area contributed by atoms with Gasteiger partial charge in [-0.1, -0.05) is 68.4 Å². The summed E-state index contributed by atoms with van der Waals surface area (Å²) in [6.07, 6.45) is 20.7. The first kappa shape index (κ1) is 32.2. The summed E-state index contributed by atoms with van der Waals surface area (Å²) in [5.41, 5.74) is 0. The van der Waals surface area contributed by atoms with Crippen LogP contribution >= 0.6 is 0 Å². The summed E-state index contributed by atoms with van der Waals surface area (Å²) in [5.74, 6) is -0.0942. The molecule has 0 bridgehead atoms. The number of ether oxygens (including phenoxy) is 2. The highest BCUT2D eigenvalue weighted by Crippen LogP contribution is 2.21. The number of carbonyl (C=O) groups is 1. The first-order chi connectivity index (χ1) is 17.5. The zero-order valence-corrected chi connectivity index (χ0v) is 21.7. The molecule has 5 atom stereocenters. The lowest BCUT2D eigenvalue weighted by Gasteiger charge is -2.39. The smallest absolute Gasteiger partial charge is 0.220 e. The van der Waals surface area contributed by atoms with Crippen LogP contribution in [0.2, 0.25) is 0 Å². The number of hydrogen-bond acceptors (Lipinski definition) is 7. The second-order valence-corrected chi connectivity index (χ2v) is 8.90. The van der Waals surface area contributed by atoms with Gasteiger partial charge in [-0.05, 0) is 44.9 Å². The van der Waals surface area contributed by atoms with Crippen molar-refractivity contribution < 1.29 is 34.7 Å². The number of amides is 1. The van der Waals surface area contributed by atoms with Crippen molar-refractivity contribution in [3.63, 3.8) is 0 Å². The Balaban J connectivity index is 2.01. The fourth-order valence-electron chi connectivity index (χ4n) is 3.60. The van der Waals surface area contributed by atoms with E-state index < -0.39 is 37.3 Å². The lowest BCUT2D eigenvalue weighted by atomic mass is 9.99. The molecule has 0 aromatic rings. The predicted octanol–water partition coefficient (Wildman–Crippen LogP) is 3.06. The van der Waals surface area contributed by atoms with Crippen molar-refractivity contribution in [3.8, 4) is 0 Å².